The second-order valence-corrected chi connectivity index (χ2v) is 17.1. The molecule has 0 radical (unpaired) electrons. The standard InChI is InChI=1S/C47H91NO5/c1-4-7-10-13-14-18-25-34-46(51)53-43-47(36-37-47)35-26-21-28-39-48(40-29-30-41-49)38-27-20-15-19-24-33-45(50)52-42-44(31-22-16-11-8-5-2)32-23-17-12-9-6-3/h44,49H,4-43H2,1-3H3. The number of esters is 2. The van der Waals surface area contributed by atoms with Gasteiger partial charge >= 0.3 is 11.9 Å². The van der Waals surface area contributed by atoms with E-state index < -0.39 is 0 Å². The SMILES string of the molecule is CCCCCCCCCC(=O)OCC1(CCCCCN(CCCCO)CCCCCCCC(=O)OCC(CCCCCCC)CCCCCCC)CC1. The van der Waals surface area contributed by atoms with E-state index in [-0.39, 0.29) is 24.0 Å². The molecule has 1 aliphatic carbocycles. The monoisotopic (exact) mass is 750 g/mol. The lowest BCUT2D eigenvalue weighted by atomic mass is 9.95. The molecule has 0 aromatic carbocycles. The van der Waals surface area contributed by atoms with Crippen LogP contribution in [0.15, 0.2) is 0 Å². The van der Waals surface area contributed by atoms with E-state index in [4.69, 9.17) is 9.47 Å². The molecule has 0 spiro atoms. The smallest absolute Gasteiger partial charge is 0.305 e. The third-order valence-electron chi connectivity index (χ3n) is 11.8. The summed E-state index contributed by atoms with van der Waals surface area (Å²) in [4.78, 5) is 27.4. The Hall–Kier alpha value is -1.14. The zero-order valence-electron chi connectivity index (χ0n) is 35.9. The largest absolute Gasteiger partial charge is 0.465 e. The van der Waals surface area contributed by atoms with E-state index in [0.29, 0.717) is 32.0 Å². The predicted octanol–water partition coefficient (Wildman–Crippen LogP) is 13.3. The summed E-state index contributed by atoms with van der Waals surface area (Å²) in [7, 11) is 0. The number of aliphatic hydroxyl groups excluding tert-OH is 1. The molecule has 0 bridgehead atoms. The van der Waals surface area contributed by atoms with E-state index in [1.165, 1.54) is 167 Å². The van der Waals surface area contributed by atoms with Crippen molar-refractivity contribution in [1.29, 1.82) is 0 Å². The number of carbonyl (C=O) groups is 2. The van der Waals surface area contributed by atoms with Crippen molar-refractivity contribution in [3.05, 3.63) is 0 Å². The van der Waals surface area contributed by atoms with Crippen molar-refractivity contribution in [1.82, 2.24) is 4.90 Å². The van der Waals surface area contributed by atoms with Crippen molar-refractivity contribution in [2.75, 3.05) is 39.5 Å². The van der Waals surface area contributed by atoms with E-state index in [1.807, 2.05) is 0 Å². The molecule has 0 aromatic rings. The van der Waals surface area contributed by atoms with Gasteiger partial charge < -0.3 is 19.5 Å². The van der Waals surface area contributed by atoms with Crippen molar-refractivity contribution in [2.45, 2.75) is 239 Å². The predicted molar refractivity (Wildman–Crippen MR) is 225 cm³/mol. The quantitative estimate of drug-likeness (QED) is 0.0495. The van der Waals surface area contributed by atoms with Crippen molar-refractivity contribution in [3.63, 3.8) is 0 Å². The van der Waals surface area contributed by atoms with Gasteiger partial charge in [0.25, 0.3) is 0 Å². The summed E-state index contributed by atoms with van der Waals surface area (Å²) in [6.07, 6.45) is 40.1. The summed E-state index contributed by atoms with van der Waals surface area (Å²) < 4.78 is 11.5. The van der Waals surface area contributed by atoms with Crippen LogP contribution in [0.1, 0.15) is 239 Å². The van der Waals surface area contributed by atoms with Crippen LogP contribution in [0.2, 0.25) is 0 Å². The van der Waals surface area contributed by atoms with Gasteiger partial charge in [-0.3, -0.25) is 9.59 Å². The van der Waals surface area contributed by atoms with Crippen molar-refractivity contribution >= 4 is 11.9 Å². The van der Waals surface area contributed by atoms with Gasteiger partial charge in [-0.25, -0.2) is 0 Å². The molecule has 1 saturated carbocycles. The van der Waals surface area contributed by atoms with Gasteiger partial charge in [0.15, 0.2) is 0 Å². The van der Waals surface area contributed by atoms with E-state index in [2.05, 4.69) is 25.7 Å². The fraction of sp³-hybridized carbons (Fsp3) is 0.957. The minimum absolute atomic E-state index is 0.00875. The molecule has 0 aliphatic heterocycles. The summed E-state index contributed by atoms with van der Waals surface area (Å²) >= 11 is 0. The summed E-state index contributed by atoms with van der Waals surface area (Å²) in [5.41, 5.74) is 0.275. The lowest BCUT2D eigenvalue weighted by Crippen LogP contribution is -2.27. The lowest BCUT2D eigenvalue weighted by molar-refractivity contribution is -0.146. The maximum atomic E-state index is 12.6. The van der Waals surface area contributed by atoms with Crippen LogP contribution in [-0.4, -0.2) is 61.4 Å². The highest BCUT2D eigenvalue weighted by atomic mass is 16.5. The summed E-state index contributed by atoms with van der Waals surface area (Å²) in [6.45, 7) is 11.7. The van der Waals surface area contributed by atoms with Crippen LogP contribution in [0.25, 0.3) is 0 Å². The van der Waals surface area contributed by atoms with E-state index >= 15 is 0 Å². The molecule has 1 rings (SSSR count). The zero-order valence-corrected chi connectivity index (χ0v) is 35.9. The molecule has 1 aliphatic rings. The molecule has 6 heteroatoms. The molecule has 1 N–H and O–H groups in total. The van der Waals surface area contributed by atoms with Gasteiger partial charge in [-0.2, -0.15) is 0 Å². The summed E-state index contributed by atoms with van der Waals surface area (Å²) in [5, 5.41) is 9.31. The van der Waals surface area contributed by atoms with Gasteiger partial charge in [-0.05, 0) is 96.2 Å². The Morgan fingerprint density at radius 2 is 0.943 bits per heavy atom. The van der Waals surface area contributed by atoms with Gasteiger partial charge in [0.2, 0.25) is 0 Å². The summed E-state index contributed by atoms with van der Waals surface area (Å²) in [5.74, 6) is 0.560. The Balaban J connectivity index is 2.18. The van der Waals surface area contributed by atoms with Gasteiger partial charge in [0.1, 0.15) is 0 Å². The number of aliphatic hydroxyl groups is 1. The molecule has 0 saturated heterocycles. The van der Waals surface area contributed by atoms with Crippen molar-refractivity contribution in [2.24, 2.45) is 11.3 Å². The molecule has 6 nitrogen and oxygen atoms in total. The average Bonchev–Trinajstić information content (AvgIpc) is 3.94. The first-order valence-electron chi connectivity index (χ1n) is 23.6. The van der Waals surface area contributed by atoms with Crippen LogP contribution in [-0.2, 0) is 19.1 Å². The van der Waals surface area contributed by atoms with Crippen molar-refractivity contribution in [3.8, 4) is 0 Å². The maximum absolute atomic E-state index is 12.6. The molecule has 0 unspecified atom stereocenters. The molecular weight excluding hydrogens is 659 g/mol. The fourth-order valence-corrected chi connectivity index (χ4v) is 7.77. The zero-order chi connectivity index (χ0) is 38.5. The van der Waals surface area contributed by atoms with Crippen LogP contribution >= 0.6 is 0 Å². The topological polar surface area (TPSA) is 76.1 Å². The van der Waals surface area contributed by atoms with Gasteiger partial charge in [0.05, 0.1) is 13.2 Å². The number of hydrogen-bond donors (Lipinski definition) is 1. The molecule has 0 atom stereocenters. The van der Waals surface area contributed by atoms with Crippen molar-refractivity contribution < 1.29 is 24.2 Å². The third kappa shape index (κ3) is 31.7. The van der Waals surface area contributed by atoms with E-state index in [0.717, 1.165) is 58.2 Å². The minimum Gasteiger partial charge on any atom is -0.465 e. The molecule has 1 fully saturated rings. The normalized spacial score (nSPS) is 13.6. The Morgan fingerprint density at radius 1 is 0.528 bits per heavy atom. The van der Waals surface area contributed by atoms with Crippen LogP contribution < -0.4 is 0 Å². The number of unbranched alkanes of at least 4 members (excludes halogenated alkanes) is 21. The van der Waals surface area contributed by atoms with E-state index in [1.54, 1.807) is 0 Å². The Kier molecular flexibility index (Phi) is 34.3. The Morgan fingerprint density at radius 3 is 1.43 bits per heavy atom. The number of nitrogens with zero attached hydrogens (tertiary/aromatic N) is 1. The van der Waals surface area contributed by atoms with Crippen LogP contribution in [0.4, 0.5) is 0 Å². The molecule has 0 aromatic heterocycles. The number of rotatable bonds is 42. The second-order valence-electron chi connectivity index (χ2n) is 17.1. The van der Waals surface area contributed by atoms with Gasteiger partial charge in [0, 0.05) is 24.9 Å². The molecule has 0 amide bonds. The highest BCUT2D eigenvalue weighted by Crippen LogP contribution is 2.50. The molecule has 314 valence electrons. The first-order valence-corrected chi connectivity index (χ1v) is 23.6. The van der Waals surface area contributed by atoms with Gasteiger partial charge in [-0.1, -0.05) is 156 Å². The van der Waals surface area contributed by atoms with E-state index in [9.17, 15) is 14.7 Å². The highest BCUT2D eigenvalue weighted by Gasteiger charge is 2.43. The van der Waals surface area contributed by atoms with Crippen LogP contribution in [0, 0.1) is 11.3 Å². The van der Waals surface area contributed by atoms with Crippen LogP contribution in [0.3, 0.4) is 0 Å². The fourth-order valence-electron chi connectivity index (χ4n) is 7.77. The van der Waals surface area contributed by atoms with Crippen LogP contribution in [0.5, 0.6) is 0 Å². The molecular formula is C47H91NO5. The average molecular weight is 750 g/mol. The summed E-state index contributed by atoms with van der Waals surface area (Å²) in [6, 6.07) is 0. The third-order valence-corrected chi connectivity index (χ3v) is 11.8. The Bertz CT molecular complexity index is 801. The van der Waals surface area contributed by atoms with Gasteiger partial charge in [-0.15, -0.1) is 0 Å². The minimum atomic E-state index is 0.00875. The Labute approximate surface area is 330 Å². The number of ether oxygens (including phenoxy) is 2. The maximum Gasteiger partial charge on any atom is 0.305 e. The molecule has 53 heavy (non-hydrogen) atoms. The number of hydrogen-bond acceptors (Lipinski definition) is 6. The second kappa shape index (κ2) is 36.5. The highest BCUT2D eigenvalue weighted by molar-refractivity contribution is 5.69. The first kappa shape index (κ1) is 49.9. The number of carbonyl (C=O) groups excluding carboxylic acids is 2. The lowest BCUT2D eigenvalue weighted by Gasteiger charge is -2.22. The first-order chi connectivity index (χ1) is 26.0. The molecule has 0 heterocycles.